The van der Waals surface area contributed by atoms with Gasteiger partial charge in [0.2, 0.25) is 0 Å². The maximum Gasteiger partial charge on any atom is 0.0950 e. The Hall–Kier alpha value is -2.23. The van der Waals surface area contributed by atoms with Crippen LogP contribution in [0.3, 0.4) is 0 Å². The fraction of sp³-hybridized carbons (Fsp3) is 0.375. The predicted molar refractivity (Wildman–Crippen MR) is 114 cm³/mol. The summed E-state index contributed by atoms with van der Waals surface area (Å²) < 4.78 is 0. The van der Waals surface area contributed by atoms with Gasteiger partial charge in [0.1, 0.15) is 0 Å². The number of piperidine rings is 1. The van der Waals surface area contributed by atoms with Crippen molar-refractivity contribution < 1.29 is 5.11 Å². The molecule has 142 valence electrons. The van der Waals surface area contributed by atoms with Crippen LogP contribution in [0.1, 0.15) is 50.3 Å². The van der Waals surface area contributed by atoms with E-state index in [2.05, 4.69) is 48.6 Å². The minimum absolute atomic E-state index is 0.116. The maximum atomic E-state index is 11.1. The van der Waals surface area contributed by atoms with Crippen molar-refractivity contribution in [1.29, 1.82) is 0 Å². The first-order chi connectivity index (χ1) is 13.2. The molecule has 2 N–H and O–H groups in total. The van der Waals surface area contributed by atoms with Crippen LogP contribution in [-0.2, 0) is 0 Å². The van der Waals surface area contributed by atoms with Gasteiger partial charge in [-0.1, -0.05) is 68.3 Å². The molecule has 1 aliphatic rings. The lowest BCUT2D eigenvalue weighted by Crippen LogP contribution is -2.38. The third-order valence-electron chi connectivity index (χ3n) is 5.14. The summed E-state index contributed by atoms with van der Waals surface area (Å²) in [6, 6.07) is 18.7. The normalized spacial score (nSPS) is 17.9. The Balaban J connectivity index is 0.00000102. The maximum absolute atomic E-state index is 11.1. The molecule has 2 atom stereocenters. The third kappa shape index (κ3) is 4.37. The van der Waals surface area contributed by atoms with Crippen LogP contribution in [0.2, 0.25) is 0 Å². The average molecular weight is 363 g/mol. The van der Waals surface area contributed by atoms with Crippen LogP contribution in [0.25, 0.3) is 22.2 Å². The summed E-state index contributed by atoms with van der Waals surface area (Å²) >= 11 is 0. The second-order valence-corrected chi connectivity index (χ2v) is 6.98. The highest BCUT2D eigenvalue weighted by Crippen LogP contribution is 2.32. The number of rotatable bonds is 3. The van der Waals surface area contributed by atoms with Crippen molar-refractivity contribution in [3.63, 3.8) is 0 Å². The van der Waals surface area contributed by atoms with E-state index in [1.807, 2.05) is 32.0 Å². The monoisotopic (exact) mass is 362 g/mol. The Morgan fingerprint density at radius 1 is 1.04 bits per heavy atom. The standard InChI is InChI=1S/C22H24N2O.C2H6/c1-15-9-11-16(12-10-15)21-14-18(17-6-2-3-7-19(17)24-21)22(25)20-8-4-5-13-23-20;1-2/h2-3,6-7,9-12,14,20,22-23,25H,4-5,8,13H2,1H3;1-2H3. The third-order valence-corrected chi connectivity index (χ3v) is 5.14. The molecular weight excluding hydrogens is 332 g/mol. The van der Waals surface area contributed by atoms with E-state index in [0.717, 1.165) is 40.7 Å². The Kier molecular flexibility index (Phi) is 6.59. The second-order valence-electron chi connectivity index (χ2n) is 6.98. The number of hydrogen-bond acceptors (Lipinski definition) is 3. The minimum atomic E-state index is -0.516. The number of benzene rings is 2. The quantitative estimate of drug-likeness (QED) is 0.654. The molecule has 27 heavy (non-hydrogen) atoms. The van der Waals surface area contributed by atoms with Gasteiger partial charge < -0.3 is 10.4 Å². The van der Waals surface area contributed by atoms with Gasteiger partial charge in [-0.05, 0) is 44.0 Å². The number of aryl methyl sites for hydroxylation is 1. The molecule has 3 nitrogen and oxygen atoms in total. The highest BCUT2D eigenvalue weighted by atomic mass is 16.3. The summed E-state index contributed by atoms with van der Waals surface area (Å²) in [5, 5.41) is 15.6. The first-order valence-corrected chi connectivity index (χ1v) is 10.1. The largest absolute Gasteiger partial charge is 0.387 e. The van der Waals surface area contributed by atoms with Crippen LogP contribution >= 0.6 is 0 Å². The molecule has 3 aromatic rings. The van der Waals surface area contributed by atoms with Gasteiger partial charge in [-0.2, -0.15) is 0 Å². The van der Waals surface area contributed by atoms with E-state index in [0.29, 0.717) is 0 Å². The molecule has 0 aliphatic carbocycles. The lowest BCUT2D eigenvalue weighted by molar-refractivity contribution is 0.115. The Bertz CT molecular complexity index is 867. The number of para-hydroxylation sites is 1. The van der Waals surface area contributed by atoms with E-state index in [1.54, 1.807) is 0 Å². The minimum Gasteiger partial charge on any atom is -0.387 e. The van der Waals surface area contributed by atoms with Gasteiger partial charge in [0, 0.05) is 17.0 Å². The van der Waals surface area contributed by atoms with Gasteiger partial charge in [0.05, 0.1) is 17.3 Å². The highest BCUT2D eigenvalue weighted by Gasteiger charge is 2.25. The summed E-state index contributed by atoms with van der Waals surface area (Å²) in [6.07, 6.45) is 2.85. The summed E-state index contributed by atoms with van der Waals surface area (Å²) in [5.74, 6) is 0. The molecule has 1 fully saturated rings. The Labute approximate surface area is 162 Å². The summed E-state index contributed by atoms with van der Waals surface area (Å²) in [6.45, 7) is 7.07. The highest BCUT2D eigenvalue weighted by molar-refractivity contribution is 5.85. The molecular formula is C24H30N2O. The fourth-order valence-electron chi connectivity index (χ4n) is 3.68. The summed E-state index contributed by atoms with van der Waals surface area (Å²) in [7, 11) is 0. The van der Waals surface area contributed by atoms with Crippen LogP contribution in [0.4, 0.5) is 0 Å². The van der Waals surface area contributed by atoms with Gasteiger partial charge in [-0.25, -0.2) is 4.98 Å². The van der Waals surface area contributed by atoms with Gasteiger partial charge in [-0.15, -0.1) is 0 Å². The number of aliphatic hydroxyl groups is 1. The number of pyridine rings is 1. The number of hydrogen-bond donors (Lipinski definition) is 2. The smallest absolute Gasteiger partial charge is 0.0950 e. The molecule has 1 saturated heterocycles. The van der Waals surface area contributed by atoms with Crippen LogP contribution in [-0.4, -0.2) is 22.7 Å². The molecule has 0 radical (unpaired) electrons. The molecule has 4 rings (SSSR count). The molecule has 1 aromatic heterocycles. The number of fused-ring (bicyclic) bond motifs is 1. The molecule has 0 amide bonds. The molecule has 3 heteroatoms. The number of aliphatic hydroxyl groups excluding tert-OH is 1. The fourth-order valence-corrected chi connectivity index (χ4v) is 3.68. The van der Waals surface area contributed by atoms with Crippen molar-refractivity contribution in [2.24, 2.45) is 0 Å². The lowest BCUT2D eigenvalue weighted by atomic mass is 9.92. The lowest BCUT2D eigenvalue weighted by Gasteiger charge is -2.29. The molecule has 2 aromatic carbocycles. The number of nitrogens with zero attached hydrogens (tertiary/aromatic N) is 1. The summed E-state index contributed by atoms with van der Waals surface area (Å²) in [5.41, 5.74) is 5.15. The Morgan fingerprint density at radius 2 is 1.78 bits per heavy atom. The average Bonchev–Trinajstić information content (AvgIpc) is 2.75. The first kappa shape index (κ1) is 19.5. The molecule has 0 saturated carbocycles. The SMILES string of the molecule is CC.Cc1ccc(-c2cc(C(O)C3CCCCN3)c3ccccc3n2)cc1. The first-order valence-electron chi connectivity index (χ1n) is 10.1. The van der Waals surface area contributed by atoms with Crippen molar-refractivity contribution in [2.45, 2.75) is 52.2 Å². The second kappa shape index (κ2) is 9.12. The van der Waals surface area contributed by atoms with Gasteiger partial charge in [0.15, 0.2) is 0 Å². The number of nitrogens with one attached hydrogen (secondary N) is 1. The van der Waals surface area contributed by atoms with Crippen LogP contribution in [0, 0.1) is 6.92 Å². The summed E-state index contributed by atoms with van der Waals surface area (Å²) in [4.78, 5) is 4.83. The van der Waals surface area contributed by atoms with E-state index in [1.165, 1.54) is 18.4 Å². The molecule has 1 aliphatic heterocycles. The van der Waals surface area contributed by atoms with Crippen molar-refractivity contribution in [3.05, 3.63) is 65.7 Å². The predicted octanol–water partition coefficient (Wildman–Crippen LogP) is 5.41. The van der Waals surface area contributed by atoms with Crippen LogP contribution < -0.4 is 5.32 Å². The van der Waals surface area contributed by atoms with E-state index in [-0.39, 0.29) is 6.04 Å². The number of aromatic nitrogens is 1. The molecule has 0 spiro atoms. The van der Waals surface area contributed by atoms with Crippen molar-refractivity contribution in [1.82, 2.24) is 10.3 Å². The molecule has 2 unspecified atom stereocenters. The van der Waals surface area contributed by atoms with Crippen LogP contribution in [0.15, 0.2) is 54.6 Å². The van der Waals surface area contributed by atoms with Gasteiger partial charge in [-0.3, -0.25) is 0 Å². The van der Waals surface area contributed by atoms with E-state index < -0.39 is 6.10 Å². The van der Waals surface area contributed by atoms with E-state index >= 15 is 0 Å². The van der Waals surface area contributed by atoms with Gasteiger partial charge >= 0.3 is 0 Å². The Morgan fingerprint density at radius 3 is 2.48 bits per heavy atom. The van der Waals surface area contributed by atoms with Crippen molar-refractivity contribution >= 4 is 10.9 Å². The van der Waals surface area contributed by atoms with E-state index in [4.69, 9.17) is 4.98 Å². The molecule has 2 heterocycles. The molecule has 0 bridgehead atoms. The zero-order valence-electron chi connectivity index (χ0n) is 16.6. The van der Waals surface area contributed by atoms with Crippen molar-refractivity contribution in [2.75, 3.05) is 6.54 Å². The van der Waals surface area contributed by atoms with Gasteiger partial charge in [0.25, 0.3) is 0 Å². The zero-order valence-corrected chi connectivity index (χ0v) is 16.6. The zero-order chi connectivity index (χ0) is 19.2. The van der Waals surface area contributed by atoms with Crippen molar-refractivity contribution in [3.8, 4) is 11.3 Å². The van der Waals surface area contributed by atoms with Crippen LogP contribution in [0.5, 0.6) is 0 Å². The van der Waals surface area contributed by atoms with E-state index in [9.17, 15) is 5.11 Å². The topological polar surface area (TPSA) is 45.1 Å².